The van der Waals surface area contributed by atoms with Crippen LogP contribution in [0.25, 0.3) is 22.0 Å². The van der Waals surface area contributed by atoms with Crippen molar-refractivity contribution in [3.63, 3.8) is 0 Å². The maximum atomic E-state index is 12.6. The average Bonchev–Trinajstić information content (AvgIpc) is 3.00. The molecule has 0 unspecified atom stereocenters. The zero-order valence-electron chi connectivity index (χ0n) is 23.4. The second kappa shape index (κ2) is 12.2. The van der Waals surface area contributed by atoms with Gasteiger partial charge in [-0.2, -0.15) is 4.98 Å². The molecule has 220 valence electrons. The number of hydrogen-bond donors (Lipinski definition) is 2. The SMILES string of the molecule is COC(=O)c1cc(Nc2c(S(N)(=O)=O)cnc3cc(-c4cnc(OC)nc4OC)ccc23)cc(OC2CCCCC2)c1. The second-order valence-electron chi connectivity index (χ2n) is 9.79. The molecule has 4 aromatic rings. The van der Waals surface area contributed by atoms with E-state index in [1.807, 2.05) is 0 Å². The Hall–Kier alpha value is -4.49. The summed E-state index contributed by atoms with van der Waals surface area (Å²) in [7, 11) is 0.0424. The highest BCUT2D eigenvalue weighted by Crippen LogP contribution is 2.37. The molecule has 3 N–H and O–H groups in total. The van der Waals surface area contributed by atoms with E-state index in [0.29, 0.717) is 39.3 Å². The molecule has 2 heterocycles. The number of methoxy groups -OCH3 is 3. The molecule has 0 atom stereocenters. The molecule has 1 fully saturated rings. The number of anilines is 2. The van der Waals surface area contributed by atoms with Gasteiger partial charge in [-0.1, -0.05) is 18.6 Å². The molecule has 1 saturated carbocycles. The van der Waals surface area contributed by atoms with Crippen molar-refractivity contribution in [2.24, 2.45) is 5.14 Å². The smallest absolute Gasteiger partial charge is 0.338 e. The minimum absolute atomic E-state index is 0.0265. The number of benzene rings is 2. The van der Waals surface area contributed by atoms with Crippen LogP contribution in [0.3, 0.4) is 0 Å². The van der Waals surface area contributed by atoms with Crippen LogP contribution in [0.5, 0.6) is 17.6 Å². The topological polar surface area (TPSA) is 165 Å². The van der Waals surface area contributed by atoms with E-state index in [-0.39, 0.29) is 28.3 Å². The summed E-state index contributed by atoms with van der Waals surface area (Å²) in [6.07, 6.45) is 7.93. The summed E-state index contributed by atoms with van der Waals surface area (Å²) < 4.78 is 46.9. The fourth-order valence-corrected chi connectivity index (χ4v) is 5.63. The fourth-order valence-electron chi connectivity index (χ4n) is 4.99. The molecule has 5 rings (SSSR count). The number of aromatic nitrogens is 3. The second-order valence-corrected chi connectivity index (χ2v) is 11.3. The molecule has 0 saturated heterocycles. The zero-order chi connectivity index (χ0) is 29.9. The number of esters is 1. The van der Waals surface area contributed by atoms with Crippen molar-refractivity contribution >= 4 is 38.3 Å². The lowest BCUT2D eigenvalue weighted by molar-refractivity contribution is 0.0599. The van der Waals surface area contributed by atoms with E-state index in [1.165, 1.54) is 33.9 Å². The van der Waals surface area contributed by atoms with Gasteiger partial charge in [0.15, 0.2) is 0 Å². The largest absolute Gasteiger partial charge is 0.490 e. The molecule has 42 heavy (non-hydrogen) atoms. The normalized spacial score (nSPS) is 13.9. The molecule has 1 aliphatic carbocycles. The van der Waals surface area contributed by atoms with E-state index < -0.39 is 16.0 Å². The fraction of sp³-hybridized carbons (Fsp3) is 0.310. The van der Waals surface area contributed by atoms with Gasteiger partial charge in [-0.15, -0.1) is 0 Å². The summed E-state index contributed by atoms with van der Waals surface area (Å²) in [5.41, 5.74) is 2.58. The number of nitrogens with zero attached hydrogens (tertiary/aromatic N) is 3. The Bertz CT molecular complexity index is 1740. The van der Waals surface area contributed by atoms with Crippen molar-refractivity contribution in [3.05, 3.63) is 54.4 Å². The van der Waals surface area contributed by atoms with Gasteiger partial charge in [0, 0.05) is 29.5 Å². The number of carbonyl (C=O) groups is 1. The number of nitrogens with two attached hydrogens (primary N) is 1. The Kier molecular flexibility index (Phi) is 8.41. The van der Waals surface area contributed by atoms with Crippen LogP contribution >= 0.6 is 0 Å². The first kappa shape index (κ1) is 29.0. The van der Waals surface area contributed by atoms with Crippen molar-refractivity contribution in [1.82, 2.24) is 15.0 Å². The van der Waals surface area contributed by atoms with E-state index in [9.17, 15) is 13.2 Å². The third-order valence-corrected chi connectivity index (χ3v) is 7.93. The lowest BCUT2D eigenvalue weighted by Gasteiger charge is -2.24. The predicted octanol–water partition coefficient (Wildman–Crippen LogP) is 4.60. The molecule has 0 radical (unpaired) electrons. The van der Waals surface area contributed by atoms with Crippen molar-refractivity contribution in [3.8, 4) is 28.8 Å². The van der Waals surface area contributed by atoms with Crippen LogP contribution in [-0.2, 0) is 14.8 Å². The van der Waals surface area contributed by atoms with Gasteiger partial charge in [-0.05, 0) is 49.4 Å². The van der Waals surface area contributed by atoms with Gasteiger partial charge in [-0.3, -0.25) is 4.98 Å². The number of primary sulfonamides is 1. The molecule has 0 amide bonds. The molecule has 0 aliphatic heterocycles. The molecule has 0 spiro atoms. The molecule has 2 aromatic carbocycles. The number of rotatable bonds is 9. The van der Waals surface area contributed by atoms with Crippen molar-refractivity contribution in [2.45, 2.75) is 43.1 Å². The molecular formula is C29H31N5O7S. The van der Waals surface area contributed by atoms with E-state index in [4.69, 9.17) is 24.1 Å². The maximum Gasteiger partial charge on any atom is 0.338 e. The molecule has 12 nitrogen and oxygen atoms in total. The lowest BCUT2D eigenvalue weighted by Crippen LogP contribution is -2.20. The van der Waals surface area contributed by atoms with Gasteiger partial charge in [0.25, 0.3) is 0 Å². The minimum Gasteiger partial charge on any atom is -0.490 e. The summed E-state index contributed by atoms with van der Waals surface area (Å²) in [4.78, 5) is 25.1. The highest BCUT2D eigenvalue weighted by Gasteiger charge is 2.22. The number of nitrogens with one attached hydrogen (secondary N) is 1. The van der Waals surface area contributed by atoms with E-state index in [0.717, 1.165) is 25.7 Å². The van der Waals surface area contributed by atoms with Crippen molar-refractivity contribution in [1.29, 1.82) is 0 Å². The summed E-state index contributed by atoms with van der Waals surface area (Å²) in [6, 6.07) is 10.3. The lowest BCUT2D eigenvalue weighted by atomic mass is 9.98. The molecule has 13 heteroatoms. The van der Waals surface area contributed by atoms with Crippen LogP contribution in [0.1, 0.15) is 42.5 Å². The average molecular weight is 594 g/mol. The van der Waals surface area contributed by atoms with Gasteiger partial charge >= 0.3 is 12.0 Å². The van der Waals surface area contributed by atoms with Gasteiger partial charge in [0.2, 0.25) is 15.9 Å². The third kappa shape index (κ3) is 6.21. The van der Waals surface area contributed by atoms with Crippen LogP contribution in [0, 0.1) is 0 Å². The monoisotopic (exact) mass is 593 g/mol. The van der Waals surface area contributed by atoms with E-state index in [2.05, 4.69) is 20.3 Å². The zero-order valence-corrected chi connectivity index (χ0v) is 24.2. The summed E-state index contributed by atoms with van der Waals surface area (Å²) in [5.74, 6) is 0.209. The molecule has 0 bridgehead atoms. The number of fused-ring (bicyclic) bond motifs is 1. The molecular weight excluding hydrogens is 562 g/mol. The van der Waals surface area contributed by atoms with Gasteiger partial charge in [-0.25, -0.2) is 23.3 Å². The van der Waals surface area contributed by atoms with Crippen LogP contribution < -0.4 is 24.7 Å². The molecule has 1 aliphatic rings. The first-order valence-electron chi connectivity index (χ1n) is 13.3. The van der Waals surface area contributed by atoms with E-state index >= 15 is 0 Å². The summed E-state index contributed by atoms with van der Waals surface area (Å²) >= 11 is 0. The number of sulfonamides is 1. The predicted molar refractivity (Wildman–Crippen MR) is 156 cm³/mol. The first-order chi connectivity index (χ1) is 20.2. The van der Waals surface area contributed by atoms with Crippen LogP contribution in [0.2, 0.25) is 0 Å². The van der Waals surface area contributed by atoms with Gasteiger partial charge in [0.05, 0.1) is 49.8 Å². The number of pyridine rings is 1. The van der Waals surface area contributed by atoms with Crippen LogP contribution in [0.15, 0.2) is 53.7 Å². The van der Waals surface area contributed by atoms with Crippen molar-refractivity contribution in [2.75, 3.05) is 26.6 Å². The third-order valence-electron chi connectivity index (χ3n) is 7.01. The van der Waals surface area contributed by atoms with Gasteiger partial charge in [0.1, 0.15) is 10.6 Å². The number of hydrogen-bond acceptors (Lipinski definition) is 11. The van der Waals surface area contributed by atoms with Crippen LogP contribution in [0.4, 0.5) is 11.4 Å². The van der Waals surface area contributed by atoms with Gasteiger partial charge < -0.3 is 24.3 Å². The quantitative estimate of drug-likeness (QED) is 0.261. The van der Waals surface area contributed by atoms with Crippen LogP contribution in [-0.4, -0.2) is 56.8 Å². The summed E-state index contributed by atoms with van der Waals surface area (Å²) in [6.45, 7) is 0. The Morgan fingerprint density at radius 3 is 2.45 bits per heavy atom. The number of carbonyl (C=O) groups excluding carboxylic acids is 1. The van der Waals surface area contributed by atoms with Crippen molar-refractivity contribution < 1.29 is 32.2 Å². The first-order valence-corrected chi connectivity index (χ1v) is 14.8. The highest BCUT2D eigenvalue weighted by molar-refractivity contribution is 7.89. The summed E-state index contributed by atoms with van der Waals surface area (Å²) in [5, 5.41) is 9.22. The minimum atomic E-state index is -4.19. The Labute approximate surface area is 243 Å². The maximum absolute atomic E-state index is 12.6. The number of ether oxygens (including phenoxy) is 4. The molecule has 2 aromatic heterocycles. The Morgan fingerprint density at radius 2 is 1.76 bits per heavy atom. The standard InChI is InChI=1S/C29H31N5O7S/c1-38-27-23(15-32-29(34-27)40-3)17-9-10-22-24(13-17)31-16-25(42(30,36)37)26(22)33-19-11-18(28(35)39-2)12-21(14-19)41-20-7-5-4-6-8-20/h9-16,20H,4-8H2,1-3H3,(H,31,33)(H2,30,36,37). The van der Waals surface area contributed by atoms with E-state index in [1.54, 1.807) is 42.6 Å². The Balaban J connectivity index is 1.60. The Morgan fingerprint density at radius 1 is 0.976 bits per heavy atom. The highest BCUT2D eigenvalue weighted by atomic mass is 32.2.